The Morgan fingerprint density at radius 2 is 1.28 bits per heavy atom. The van der Waals surface area contributed by atoms with E-state index in [0.717, 1.165) is 38.5 Å². The van der Waals surface area contributed by atoms with E-state index in [1.807, 2.05) is 0 Å². The first-order valence-electron chi connectivity index (χ1n) is 12.5. The number of hydrogen-bond donors (Lipinski definition) is 1. The van der Waals surface area contributed by atoms with Gasteiger partial charge in [-0.1, -0.05) is 84.5 Å². The fraction of sp³-hybridized carbons (Fsp3) is 0.920. The highest BCUT2D eigenvalue weighted by atomic mass is 16.5. The fourth-order valence-electron chi connectivity index (χ4n) is 4.46. The average molecular weight is 411 g/mol. The summed E-state index contributed by atoms with van der Waals surface area (Å²) in [6.07, 6.45) is 19.7. The zero-order valence-corrected chi connectivity index (χ0v) is 19.1. The molecule has 0 aromatic heterocycles. The number of ether oxygens (including phenoxy) is 1. The van der Waals surface area contributed by atoms with Gasteiger partial charge in [-0.15, -0.1) is 0 Å². The quantitative estimate of drug-likeness (QED) is 0.202. The van der Waals surface area contributed by atoms with Gasteiger partial charge in [-0.05, 0) is 44.9 Å². The van der Waals surface area contributed by atoms with Crippen LogP contribution in [-0.2, 0) is 14.3 Å². The minimum atomic E-state index is -0.766. The molecule has 170 valence electrons. The number of hydrogen-bond acceptors (Lipinski definition) is 3. The highest BCUT2D eigenvalue weighted by Crippen LogP contribution is 2.31. The standard InChI is InChI=1S/C25H46O4/c1-3-5-7-9-10-11-12-14-19-23(18-13-8-6-4-2)29-25(28)22-17-15-16-21(20-22)24(26)27/h21-23H,3-20H2,1-2H3,(H,26,27). The molecule has 0 bridgehead atoms. The second-order valence-corrected chi connectivity index (χ2v) is 9.07. The first-order chi connectivity index (χ1) is 14.1. The van der Waals surface area contributed by atoms with E-state index in [1.165, 1.54) is 64.2 Å². The summed E-state index contributed by atoms with van der Waals surface area (Å²) in [7, 11) is 0. The molecule has 4 heteroatoms. The minimum Gasteiger partial charge on any atom is -0.481 e. The summed E-state index contributed by atoms with van der Waals surface area (Å²) < 4.78 is 5.93. The van der Waals surface area contributed by atoms with Crippen LogP contribution in [0.5, 0.6) is 0 Å². The zero-order chi connectivity index (χ0) is 21.3. The van der Waals surface area contributed by atoms with Crippen LogP contribution in [-0.4, -0.2) is 23.1 Å². The lowest BCUT2D eigenvalue weighted by atomic mass is 9.81. The van der Waals surface area contributed by atoms with Gasteiger partial charge in [-0.2, -0.15) is 0 Å². The number of carbonyl (C=O) groups excluding carboxylic acids is 1. The molecule has 1 rings (SSSR count). The van der Waals surface area contributed by atoms with E-state index in [-0.39, 0.29) is 23.9 Å². The Morgan fingerprint density at radius 1 is 0.793 bits per heavy atom. The van der Waals surface area contributed by atoms with Gasteiger partial charge >= 0.3 is 11.9 Å². The van der Waals surface area contributed by atoms with Gasteiger partial charge in [0.15, 0.2) is 0 Å². The van der Waals surface area contributed by atoms with E-state index in [2.05, 4.69) is 13.8 Å². The Labute approximate surface area is 179 Å². The summed E-state index contributed by atoms with van der Waals surface area (Å²) in [5.41, 5.74) is 0. The van der Waals surface area contributed by atoms with Crippen molar-refractivity contribution in [1.29, 1.82) is 0 Å². The lowest BCUT2D eigenvalue weighted by Crippen LogP contribution is -2.31. The highest BCUT2D eigenvalue weighted by Gasteiger charge is 2.32. The van der Waals surface area contributed by atoms with E-state index in [4.69, 9.17) is 4.74 Å². The van der Waals surface area contributed by atoms with Gasteiger partial charge in [-0.25, -0.2) is 0 Å². The predicted octanol–water partition coefficient (Wildman–Crippen LogP) is 7.29. The normalized spacial score (nSPS) is 20.3. The number of rotatable bonds is 17. The minimum absolute atomic E-state index is 0.0182. The van der Waals surface area contributed by atoms with Crippen LogP contribution in [0, 0.1) is 11.8 Å². The molecule has 0 aliphatic heterocycles. The fourth-order valence-corrected chi connectivity index (χ4v) is 4.46. The molecule has 1 saturated carbocycles. The van der Waals surface area contributed by atoms with Gasteiger partial charge < -0.3 is 9.84 Å². The smallest absolute Gasteiger partial charge is 0.309 e. The lowest BCUT2D eigenvalue weighted by Gasteiger charge is -2.27. The summed E-state index contributed by atoms with van der Waals surface area (Å²) >= 11 is 0. The Bertz CT molecular complexity index is 435. The Morgan fingerprint density at radius 3 is 1.83 bits per heavy atom. The van der Waals surface area contributed by atoms with E-state index in [1.54, 1.807) is 0 Å². The summed E-state index contributed by atoms with van der Waals surface area (Å²) in [5, 5.41) is 9.27. The number of carboxylic acid groups (broad SMARTS) is 1. The van der Waals surface area contributed by atoms with E-state index in [9.17, 15) is 14.7 Å². The number of carbonyl (C=O) groups is 2. The topological polar surface area (TPSA) is 63.6 Å². The first-order valence-corrected chi connectivity index (χ1v) is 12.5. The van der Waals surface area contributed by atoms with Gasteiger partial charge in [0.05, 0.1) is 11.8 Å². The summed E-state index contributed by atoms with van der Waals surface area (Å²) in [6.45, 7) is 4.46. The second-order valence-electron chi connectivity index (χ2n) is 9.07. The molecule has 1 N–H and O–H groups in total. The monoisotopic (exact) mass is 410 g/mol. The van der Waals surface area contributed by atoms with Crippen LogP contribution in [0.15, 0.2) is 0 Å². The number of unbranched alkanes of at least 4 members (excludes halogenated alkanes) is 10. The third-order valence-electron chi connectivity index (χ3n) is 6.40. The SMILES string of the molecule is CCCCCCCCCCC(CCCCCC)OC(=O)C1CCCC(C(=O)O)C1. The Balaban J connectivity index is 2.36. The maximum absolute atomic E-state index is 12.7. The van der Waals surface area contributed by atoms with Gasteiger partial charge in [0, 0.05) is 0 Å². The maximum Gasteiger partial charge on any atom is 0.309 e. The molecule has 0 heterocycles. The third-order valence-corrected chi connectivity index (χ3v) is 6.40. The zero-order valence-electron chi connectivity index (χ0n) is 19.1. The second kappa shape index (κ2) is 16.7. The molecule has 1 aliphatic rings. The van der Waals surface area contributed by atoms with Crippen molar-refractivity contribution < 1.29 is 19.4 Å². The number of aliphatic carboxylic acids is 1. The van der Waals surface area contributed by atoms with Crippen molar-refractivity contribution in [2.75, 3.05) is 0 Å². The molecule has 3 unspecified atom stereocenters. The Hall–Kier alpha value is -1.06. The van der Waals surface area contributed by atoms with Crippen LogP contribution in [0.1, 0.15) is 129 Å². The Kier molecular flexibility index (Phi) is 15.0. The summed E-state index contributed by atoms with van der Waals surface area (Å²) in [4.78, 5) is 24.0. The molecule has 4 nitrogen and oxygen atoms in total. The molecule has 1 aliphatic carbocycles. The van der Waals surface area contributed by atoms with Gasteiger partial charge in [0.2, 0.25) is 0 Å². The first kappa shape index (κ1) is 26.0. The van der Waals surface area contributed by atoms with Crippen molar-refractivity contribution in [1.82, 2.24) is 0 Å². The van der Waals surface area contributed by atoms with Crippen LogP contribution in [0.4, 0.5) is 0 Å². The van der Waals surface area contributed by atoms with Crippen LogP contribution >= 0.6 is 0 Å². The highest BCUT2D eigenvalue weighted by molar-refractivity contribution is 5.75. The molecule has 0 aromatic rings. The largest absolute Gasteiger partial charge is 0.481 e. The number of carboxylic acids is 1. The lowest BCUT2D eigenvalue weighted by molar-refractivity contribution is -0.158. The molecule has 0 spiro atoms. The van der Waals surface area contributed by atoms with Crippen molar-refractivity contribution in [3.05, 3.63) is 0 Å². The van der Waals surface area contributed by atoms with Gasteiger partial charge in [0.25, 0.3) is 0 Å². The molecular formula is C25H46O4. The van der Waals surface area contributed by atoms with Gasteiger partial charge in [-0.3, -0.25) is 9.59 Å². The molecule has 29 heavy (non-hydrogen) atoms. The average Bonchev–Trinajstić information content (AvgIpc) is 2.72. The summed E-state index contributed by atoms with van der Waals surface area (Å²) in [6, 6.07) is 0. The molecular weight excluding hydrogens is 364 g/mol. The van der Waals surface area contributed by atoms with Crippen molar-refractivity contribution >= 4 is 11.9 Å². The summed E-state index contributed by atoms with van der Waals surface area (Å²) in [5.74, 6) is -1.51. The number of esters is 1. The molecule has 0 aromatic carbocycles. The van der Waals surface area contributed by atoms with Crippen LogP contribution < -0.4 is 0 Å². The van der Waals surface area contributed by atoms with Crippen molar-refractivity contribution in [3.8, 4) is 0 Å². The molecule has 0 amide bonds. The van der Waals surface area contributed by atoms with Crippen LogP contribution in [0.2, 0.25) is 0 Å². The molecule has 0 radical (unpaired) electrons. The molecule has 3 atom stereocenters. The predicted molar refractivity (Wildman–Crippen MR) is 119 cm³/mol. The molecule has 1 fully saturated rings. The van der Waals surface area contributed by atoms with Crippen molar-refractivity contribution in [2.45, 2.75) is 136 Å². The van der Waals surface area contributed by atoms with E-state index < -0.39 is 5.97 Å². The van der Waals surface area contributed by atoms with Crippen LogP contribution in [0.3, 0.4) is 0 Å². The van der Waals surface area contributed by atoms with Gasteiger partial charge in [0.1, 0.15) is 6.10 Å². The van der Waals surface area contributed by atoms with E-state index >= 15 is 0 Å². The van der Waals surface area contributed by atoms with Crippen molar-refractivity contribution in [2.24, 2.45) is 11.8 Å². The van der Waals surface area contributed by atoms with E-state index in [0.29, 0.717) is 12.8 Å². The van der Waals surface area contributed by atoms with Crippen LogP contribution in [0.25, 0.3) is 0 Å². The van der Waals surface area contributed by atoms with Crippen molar-refractivity contribution in [3.63, 3.8) is 0 Å². The maximum atomic E-state index is 12.7. The molecule has 0 saturated heterocycles. The third kappa shape index (κ3) is 12.3.